The maximum atomic E-state index is 2.56. The van der Waals surface area contributed by atoms with Gasteiger partial charge in [-0.1, -0.05) is 81.6 Å². The molecule has 0 bridgehead atoms. The van der Waals surface area contributed by atoms with Gasteiger partial charge in [-0.15, -0.1) is 0 Å². The van der Waals surface area contributed by atoms with E-state index in [9.17, 15) is 0 Å². The number of rotatable bonds is 4. The molecule has 6 rings (SSSR count). The molecule has 0 aromatic rings. The molecule has 6 aliphatic carbocycles. The smallest absolute Gasteiger partial charge is 0.358 e. The molecule has 1 radical (unpaired) electrons. The molecular weight excluding hydrogens is 632 g/mol. The molecule has 0 aromatic heterocycles. The van der Waals surface area contributed by atoms with Crippen LogP contribution in [0.15, 0.2) is 0 Å². The van der Waals surface area contributed by atoms with Crippen molar-refractivity contribution >= 4 is 0 Å². The van der Waals surface area contributed by atoms with Crippen molar-refractivity contribution in [1.82, 2.24) is 0 Å². The van der Waals surface area contributed by atoms with Crippen LogP contribution < -0.4 is 0 Å². The summed E-state index contributed by atoms with van der Waals surface area (Å²) in [5, 5.41) is 0. The fourth-order valence-electron chi connectivity index (χ4n) is 13.8. The summed E-state index contributed by atoms with van der Waals surface area (Å²) in [5.74, 6) is 16.0. The average molecular weight is 713 g/mol. The molecule has 13 unspecified atom stereocenters. The van der Waals surface area contributed by atoms with Crippen LogP contribution in [-0.4, -0.2) is 0 Å². The first-order chi connectivity index (χ1) is 20.0. The fraction of sp³-hybridized carbons (Fsp3) is 0.933. The molecule has 0 N–H and O–H groups in total. The van der Waals surface area contributed by atoms with Crippen molar-refractivity contribution < 1.29 is 26.2 Å². The second-order valence-electron chi connectivity index (χ2n) is 21.4. The number of hydrogen-bond donors (Lipinski definition) is 0. The molecule has 0 spiro atoms. The van der Waals surface area contributed by atoms with Crippen LogP contribution in [0.3, 0.4) is 0 Å². The van der Waals surface area contributed by atoms with Gasteiger partial charge in [-0.05, 0) is 164 Å². The topological polar surface area (TPSA) is 0 Å². The third kappa shape index (κ3) is 8.01. The standard InChI is InChI=1S/C43H75.2CH3.Zr/c1-26(2)27-12-16-31-32-17-13-28(41(3,4)5)23-38(32)35(37(31)22-27)20-21-36-39-24-29(42(6,7)8)14-18-33(39)34-19-15-30(25-40(34)36)43(9,10)11;;;/h27-40H,12-25H2,1-11H3;2*1H3;/q3*-1;+3. The molecule has 46 heavy (non-hydrogen) atoms. The molecule has 0 aromatic carbocycles. The van der Waals surface area contributed by atoms with E-state index in [2.05, 4.69) is 76.2 Å². The Kier molecular flexibility index (Phi) is 13.7. The first-order valence-corrected chi connectivity index (χ1v) is 19.8. The SMILES string of the molecule is C[C-](C)C1CCC2C3CCC(C(C)(C)C)CC3C(CCC3C4CC(C(C)(C)C)CCC4C4CCC(C(C)(C)C)CC43)C2C1.[CH3-].[CH3-].[Zr+3]. The zero-order chi connectivity index (χ0) is 31.1. The second-order valence-corrected chi connectivity index (χ2v) is 21.4. The van der Waals surface area contributed by atoms with Crippen molar-refractivity contribution in [2.75, 3.05) is 0 Å². The molecule has 0 nitrogen and oxygen atoms in total. The van der Waals surface area contributed by atoms with Crippen LogP contribution in [0, 0.1) is 120 Å². The summed E-state index contributed by atoms with van der Waals surface area (Å²) in [7, 11) is 0. The Hall–Kier alpha value is 0.883. The van der Waals surface area contributed by atoms with E-state index in [0.717, 1.165) is 82.9 Å². The summed E-state index contributed by atoms with van der Waals surface area (Å²) in [5.41, 5.74) is 1.46. The second kappa shape index (κ2) is 15.2. The van der Waals surface area contributed by atoms with E-state index in [0.29, 0.717) is 16.2 Å². The molecule has 13 atom stereocenters. The van der Waals surface area contributed by atoms with E-state index in [4.69, 9.17) is 0 Å². The summed E-state index contributed by atoms with van der Waals surface area (Å²) in [4.78, 5) is 0. The van der Waals surface area contributed by atoms with Crippen LogP contribution >= 0.6 is 0 Å². The molecule has 0 heterocycles. The Morgan fingerprint density at radius 1 is 0.413 bits per heavy atom. The third-order valence-corrected chi connectivity index (χ3v) is 16.4. The van der Waals surface area contributed by atoms with Gasteiger partial charge in [-0.25, -0.2) is 0 Å². The molecule has 6 aliphatic rings. The van der Waals surface area contributed by atoms with Crippen molar-refractivity contribution in [1.29, 1.82) is 0 Å². The Balaban J connectivity index is 0.00000192. The zero-order valence-electron chi connectivity index (χ0n) is 33.5. The summed E-state index contributed by atoms with van der Waals surface area (Å²) in [6.45, 7) is 28.0. The van der Waals surface area contributed by atoms with Gasteiger partial charge in [0.05, 0.1) is 0 Å². The van der Waals surface area contributed by atoms with Crippen molar-refractivity contribution in [3.05, 3.63) is 20.8 Å². The largest absolute Gasteiger partial charge is 3.00 e. The summed E-state index contributed by atoms with van der Waals surface area (Å²) in [6.07, 6.45) is 21.7. The third-order valence-electron chi connectivity index (χ3n) is 16.4. The minimum absolute atomic E-state index is 0. The van der Waals surface area contributed by atoms with Crippen molar-refractivity contribution in [3.63, 3.8) is 0 Å². The molecule has 0 aliphatic heterocycles. The maximum Gasteiger partial charge on any atom is 3.00 e. The zero-order valence-corrected chi connectivity index (χ0v) is 35.9. The van der Waals surface area contributed by atoms with Crippen molar-refractivity contribution in [2.45, 2.75) is 166 Å². The monoisotopic (exact) mass is 712 g/mol. The van der Waals surface area contributed by atoms with Gasteiger partial charge in [0.15, 0.2) is 0 Å². The van der Waals surface area contributed by atoms with Crippen LogP contribution in [0.25, 0.3) is 0 Å². The molecule has 6 saturated carbocycles. The summed E-state index contributed by atoms with van der Waals surface area (Å²) >= 11 is 0. The predicted molar refractivity (Wildman–Crippen MR) is 199 cm³/mol. The van der Waals surface area contributed by atoms with E-state index < -0.39 is 0 Å². The summed E-state index contributed by atoms with van der Waals surface area (Å²) in [6, 6.07) is 0. The van der Waals surface area contributed by atoms with E-state index in [1.54, 1.807) is 70.1 Å². The van der Waals surface area contributed by atoms with Gasteiger partial charge in [0, 0.05) is 0 Å². The van der Waals surface area contributed by atoms with E-state index >= 15 is 0 Å². The van der Waals surface area contributed by atoms with Crippen LogP contribution in [-0.2, 0) is 26.2 Å². The average Bonchev–Trinajstić information content (AvgIpc) is 3.40. The Bertz CT molecular complexity index is 904. The normalized spacial score (nSPS) is 44.1. The molecular formula is C45H81Zr. The van der Waals surface area contributed by atoms with E-state index in [-0.39, 0.29) is 41.1 Å². The van der Waals surface area contributed by atoms with E-state index in [1.165, 1.54) is 25.7 Å². The molecule has 0 amide bonds. The molecule has 1 heteroatoms. The van der Waals surface area contributed by atoms with Crippen LogP contribution in [0.5, 0.6) is 0 Å². The maximum absolute atomic E-state index is 2.56. The predicted octanol–water partition coefficient (Wildman–Crippen LogP) is 13.8. The van der Waals surface area contributed by atoms with Gasteiger partial charge >= 0.3 is 26.2 Å². The Morgan fingerprint density at radius 2 is 0.696 bits per heavy atom. The van der Waals surface area contributed by atoms with Gasteiger partial charge in [0.2, 0.25) is 0 Å². The minimum atomic E-state index is 0. The fourth-order valence-corrected chi connectivity index (χ4v) is 13.8. The van der Waals surface area contributed by atoms with Crippen LogP contribution in [0.2, 0.25) is 0 Å². The first kappa shape index (κ1) is 41.3. The van der Waals surface area contributed by atoms with Gasteiger partial charge in [-0.3, -0.25) is 0 Å². The Labute approximate surface area is 310 Å². The molecule has 6 fully saturated rings. The van der Waals surface area contributed by atoms with Crippen LogP contribution in [0.1, 0.15) is 166 Å². The molecule has 0 saturated heterocycles. The van der Waals surface area contributed by atoms with Crippen molar-refractivity contribution in [2.24, 2.45) is 99.1 Å². The number of hydrogen-bond acceptors (Lipinski definition) is 0. The Morgan fingerprint density at radius 3 is 0.978 bits per heavy atom. The van der Waals surface area contributed by atoms with Gasteiger partial charge in [0.1, 0.15) is 0 Å². The quantitative estimate of drug-likeness (QED) is 0.255. The van der Waals surface area contributed by atoms with E-state index in [1.807, 2.05) is 0 Å². The summed E-state index contributed by atoms with van der Waals surface area (Å²) < 4.78 is 0. The van der Waals surface area contributed by atoms with Gasteiger partial charge < -0.3 is 20.8 Å². The van der Waals surface area contributed by atoms with Gasteiger partial charge in [-0.2, -0.15) is 19.8 Å². The van der Waals surface area contributed by atoms with Gasteiger partial charge in [0.25, 0.3) is 0 Å². The van der Waals surface area contributed by atoms with Crippen LogP contribution in [0.4, 0.5) is 0 Å². The van der Waals surface area contributed by atoms with Crippen molar-refractivity contribution in [3.8, 4) is 0 Å². The molecule has 265 valence electrons. The minimum Gasteiger partial charge on any atom is -0.358 e. The first-order valence-electron chi connectivity index (χ1n) is 19.8. The number of fused-ring (bicyclic) bond motifs is 6.